The van der Waals surface area contributed by atoms with Gasteiger partial charge in [-0.1, -0.05) is 37.8 Å². The largest absolute Gasteiger partial charge is 0.480 e. The Morgan fingerprint density at radius 2 is 1.53 bits per heavy atom. The maximum atomic E-state index is 13.4. The second kappa shape index (κ2) is 13.9. The van der Waals surface area contributed by atoms with E-state index in [4.69, 9.17) is 0 Å². The van der Waals surface area contributed by atoms with Crippen LogP contribution in [0.1, 0.15) is 37.5 Å². The highest BCUT2D eigenvalue weighted by molar-refractivity contribution is 7.87. The van der Waals surface area contributed by atoms with E-state index in [0.29, 0.717) is 41.7 Å². The molecule has 1 aliphatic rings. The molecule has 0 amide bonds. The number of halogens is 1. The lowest BCUT2D eigenvalue weighted by Crippen LogP contribution is -2.55. The number of hydrogen-bond donors (Lipinski definition) is 2. The normalized spacial score (nSPS) is 14.6. The molecule has 0 bridgehead atoms. The van der Waals surface area contributed by atoms with E-state index in [1.807, 2.05) is 36.1 Å². The molecule has 0 spiro atoms. The number of nitrogens with zero attached hydrogens (tertiary/aromatic N) is 4. The van der Waals surface area contributed by atoms with E-state index in [2.05, 4.69) is 16.6 Å². The third kappa shape index (κ3) is 7.46. The molecule has 1 saturated heterocycles. The Bertz CT molecular complexity index is 2070. The number of carboxylic acids is 1. The zero-order chi connectivity index (χ0) is 33.9. The maximum absolute atomic E-state index is 13.4. The first-order valence-corrected chi connectivity index (χ1v) is 16.7. The second-order valence-corrected chi connectivity index (χ2v) is 13.3. The van der Waals surface area contributed by atoms with Crippen LogP contribution in [0.5, 0.6) is 0 Å². The van der Waals surface area contributed by atoms with Gasteiger partial charge in [0.05, 0.1) is 17.4 Å². The van der Waals surface area contributed by atoms with Gasteiger partial charge >= 0.3 is 11.7 Å². The van der Waals surface area contributed by atoms with Crippen molar-refractivity contribution in [1.82, 2.24) is 18.2 Å². The van der Waals surface area contributed by atoms with Crippen LogP contribution in [0.2, 0.25) is 0 Å². The van der Waals surface area contributed by atoms with Crippen molar-refractivity contribution in [2.24, 2.45) is 5.92 Å². The Balaban J connectivity index is 1.30. The fraction of sp³-hybridized carbons (Fsp3) is 0.324. The summed E-state index contributed by atoms with van der Waals surface area (Å²) in [6.45, 7) is 6.79. The summed E-state index contributed by atoms with van der Waals surface area (Å²) in [4.78, 5) is 40.1. The van der Waals surface area contributed by atoms with Crippen molar-refractivity contribution in [3.05, 3.63) is 110 Å². The monoisotopic (exact) mass is 661 g/mol. The first-order valence-electron chi connectivity index (χ1n) is 15.3. The van der Waals surface area contributed by atoms with Crippen molar-refractivity contribution < 1.29 is 22.7 Å². The number of benzene rings is 3. The van der Waals surface area contributed by atoms with Gasteiger partial charge in [0.1, 0.15) is 11.9 Å². The van der Waals surface area contributed by atoms with Crippen LogP contribution < -0.4 is 20.9 Å². The number of aliphatic carboxylic acids is 1. The lowest BCUT2D eigenvalue weighted by molar-refractivity contribution is -0.140. The number of piperazine rings is 1. The smallest absolute Gasteiger partial charge is 0.331 e. The molecule has 0 aliphatic carbocycles. The van der Waals surface area contributed by atoms with Gasteiger partial charge in [0.15, 0.2) is 0 Å². The molecule has 3 aromatic carbocycles. The SMILES string of the molecule is CCn1c(=O)n(Cc2ccc(F)cc2)c(=O)c2cc(C#Cc3ccc(N4CCN(S(=O)(=O)N[C@@H](C(=O)O)C(C)C)CC4)cc3)ccc21. The number of aryl methyl sites for hydroxylation is 1. The standard InChI is InChI=1S/C34H36FN5O6S/c1-4-39-30-16-11-25(21-29(30)32(41)40(34(39)44)22-26-7-12-27(35)13-8-26)6-5-24-9-14-28(15-10-24)37-17-19-38(20-18-37)47(45,46)36-31(23(2)3)33(42)43/h7-16,21,23,31,36H,4,17-20,22H2,1-3H3,(H,42,43)/t31-/m1/s1. The molecule has 2 heterocycles. The highest BCUT2D eigenvalue weighted by Gasteiger charge is 2.33. The van der Waals surface area contributed by atoms with Gasteiger partial charge in [0.2, 0.25) is 0 Å². The van der Waals surface area contributed by atoms with E-state index in [9.17, 15) is 32.3 Å². The Hall–Kier alpha value is -4.77. The molecule has 246 valence electrons. The first kappa shape index (κ1) is 33.6. The predicted octanol–water partition coefficient (Wildman–Crippen LogP) is 2.84. The molecule has 1 aliphatic heterocycles. The zero-order valence-corrected chi connectivity index (χ0v) is 27.1. The van der Waals surface area contributed by atoms with Gasteiger partial charge < -0.3 is 10.0 Å². The van der Waals surface area contributed by atoms with E-state index in [1.165, 1.54) is 21.0 Å². The number of carboxylic acid groups (broad SMARTS) is 1. The highest BCUT2D eigenvalue weighted by atomic mass is 32.2. The van der Waals surface area contributed by atoms with E-state index >= 15 is 0 Å². The van der Waals surface area contributed by atoms with E-state index in [-0.39, 0.29) is 19.6 Å². The van der Waals surface area contributed by atoms with Crippen LogP contribution in [0.25, 0.3) is 10.9 Å². The number of anilines is 1. The summed E-state index contributed by atoms with van der Waals surface area (Å²) in [7, 11) is -3.95. The van der Waals surface area contributed by atoms with Crippen molar-refractivity contribution in [2.45, 2.75) is 39.9 Å². The summed E-state index contributed by atoms with van der Waals surface area (Å²) in [5.74, 6) is 4.20. The summed E-state index contributed by atoms with van der Waals surface area (Å²) in [5, 5.41) is 9.72. The average molecular weight is 662 g/mol. The number of aromatic nitrogens is 2. The Morgan fingerprint density at radius 3 is 2.13 bits per heavy atom. The van der Waals surface area contributed by atoms with Crippen molar-refractivity contribution >= 4 is 32.8 Å². The fourth-order valence-electron chi connectivity index (χ4n) is 5.51. The zero-order valence-electron chi connectivity index (χ0n) is 26.3. The van der Waals surface area contributed by atoms with Crippen LogP contribution >= 0.6 is 0 Å². The number of fused-ring (bicyclic) bond motifs is 1. The Morgan fingerprint density at radius 1 is 0.915 bits per heavy atom. The molecule has 0 radical (unpaired) electrons. The number of nitrogens with one attached hydrogen (secondary N) is 1. The molecule has 11 nitrogen and oxygen atoms in total. The minimum atomic E-state index is -3.95. The molecule has 1 fully saturated rings. The van der Waals surface area contributed by atoms with Crippen LogP contribution in [0.3, 0.4) is 0 Å². The summed E-state index contributed by atoms with van der Waals surface area (Å²) in [6, 6.07) is 17.2. The topological polar surface area (TPSA) is 134 Å². The number of rotatable bonds is 9. The Kier molecular flexibility index (Phi) is 9.95. The van der Waals surface area contributed by atoms with Crippen LogP contribution in [0.15, 0.2) is 76.3 Å². The van der Waals surface area contributed by atoms with Crippen molar-refractivity contribution in [2.75, 3.05) is 31.1 Å². The van der Waals surface area contributed by atoms with Crippen molar-refractivity contribution in [1.29, 1.82) is 0 Å². The highest BCUT2D eigenvalue weighted by Crippen LogP contribution is 2.19. The summed E-state index contributed by atoms with van der Waals surface area (Å²) < 4.78 is 45.2. The molecule has 47 heavy (non-hydrogen) atoms. The maximum Gasteiger partial charge on any atom is 0.331 e. The molecule has 13 heteroatoms. The van der Waals surface area contributed by atoms with Crippen molar-refractivity contribution in [3.63, 3.8) is 0 Å². The van der Waals surface area contributed by atoms with Crippen LogP contribution in [-0.4, -0.2) is 65.2 Å². The van der Waals surface area contributed by atoms with Gasteiger partial charge in [-0.05, 0) is 73.0 Å². The van der Waals surface area contributed by atoms with Gasteiger partial charge in [-0.25, -0.2) is 9.18 Å². The Labute approximate surface area is 272 Å². The molecular formula is C34H36FN5O6S. The first-order chi connectivity index (χ1) is 22.4. The molecule has 0 unspecified atom stereocenters. The minimum Gasteiger partial charge on any atom is -0.480 e. The van der Waals surface area contributed by atoms with Gasteiger partial charge in [-0.15, -0.1) is 0 Å². The lowest BCUT2D eigenvalue weighted by Gasteiger charge is -2.36. The minimum absolute atomic E-state index is 0.0151. The van der Waals surface area contributed by atoms with Gasteiger partial charge in [0, 0.05) is 49.5 Å². The molecule has 1 aromatic heterocycles. The number of carbonyl (C=O) groups is 1. The quantitative estimate of drug-likeness (QED) is 0.264. The molecule has 1 atom stereocenters. The van der Waals surface area contributed by atoms with E-state index in [1.54, 1.807) is 44.2 Å². The van der Waals surface area contributed by atoms with Crippen LogP contribution in [0.4, 0.5) is 10.1 Å². The molecular weight excluding hydrogens is 625 g/mol. The summed E-state index contributed by atoms with van der Waals surface area (Å²) >= 11 is 0. The molecule has 5 rings (SSSR count). The van der Waals surface area contributed by atoms with Crippen molar-refractivity contribution in [3.8, 4) is 11.8 Å². The molecule has 2 N–H and O–H groups in total. The van der Waals surface area contributed by atoms with Crippen LogP contribution in [-0.2, 0) is 28.1 Å². The predicted molar refractivity (Wildman–Crippen MR) is 178 cm³/mol. The average Bonchev–Trinajstić information content (AvgIpc) is 3.06. The number of hydrogen-bond acceptors (Lipinski definition) is 6. The lowest BCUT2D eigenvalue weighted by atomic mass is 10.1. The van der Waals surface area contributed by atoms with Gasteiger partial charge in [0.25, 0.3) is 15.8 Å². The third-order valence-corrected chi connectivity index (χ3v) is 9.76. The van der Waals surface area contributed by atoms with Gasteiger partial charge in [-0.2, -0.15) is 17.4 Å². The second-order valence-electron chi connectivity index (χ2n) is 11.6. The van der Waals surface area contributed by atoms with E-state index in [0.717, 1.165) is 15.8 Å². The molecule has 4 aromatic rings. The summed E-state index contributed by atoms with van der Waals surface area (Å²) in [6.07, 6.45) is 0. The van der Waals surface area contributed by atoms with Gasteiger partial charge in [-0.3, -0.25) is 18.7 Å². The third-order valence-electron chi connectivity index (χ3n) is 8.17. The van der Waals surface area contributed by atoms with E-state index < -0.39 is 45.2 Å². The van der Waals surface area contributed by atoms with Crippen LogP contribution in [0, 0.1) is 23.6 Å². The summed E-state index contributed by atoms with van der Waals surface area (Å²) in [5.41, 5.74) is 2.49. The molecule has 0 saturated carbocycles. The fourth-order valence-corrected chi connectivity index (χ4v) is 7.00.